The Morgan fingerprint density at radius 2 is 1.52 bits per heavy atom. The smallest absolute Gasteiger partial charge is 0.0554 e. The first-order valence-electron chi connectivity index (χ1n) is 7.16. The van der Waals surface area contributed by atoms with Crippen LogP contribution in [0.25, 0.3) is 0 Å². The minimum Gasteiger partial charge on any atom is -0.368 e. The lowest BCUT2D eigenvalue weighted by Gasteiger charge is -2.34. The van der Waals surface area contributed by atoms with Crippen molar-refractivity contribution in [3.05, 3.63) is 64.6 Å². The molecule has 1 aliphatic rings. The number of para-hydroxylation sites is 1. The molecule has 0 aliphatic carbocycles. The molecule has 0 spiro atoms. The lowest BCUT2D eigenvalue weighted by Crippen LogP contribution is -2.44. The summed E-state index contributed by atoms with van der Waals surface area (Å²) in [5.74, 6) is 0. The van der Waals surface area contributed by atoms with E-state index in [1.54, 1.807) is 0 Å². The molecule has 0 saturated carbocycles. The Bertz CT molecular complexity index is 604. The lowest BCUT2D eigenvalue weighted by atomic mass is 10.2. The molecule has 1 heterocycles. The second kappa shape index (κ2) is 6.76. The Morgan fingerprint density at radius 1 is 0.857 bits per heavy atom. The summed E-state index contributed by atoms with van der Waals surface area (Å²) in [4.78, 5) is 2.41. The van der Waals surface area contributed by atoms with Crippen LogP contribution in [0.5, 0.6) is 0 Å². The van der Waals surface area contributed by atoms with E-state index in [1.807, 2.05) is 24.4 Å². The van der Waals surface area contributed by atoms with E-state index in [4.69, 9.17) is 0 Å². The molecule has 1 aliphatic heterocycles. The zero-order valence-corrected chi connectivity index (χ0v) is 13.4. The van der Waals surface area contributed by atoms with Gasteiger partial charge in [-0.1, -0.05) is 52.3 Å². The van der Waals surface area contributed by atoms with Crippen molar-refractivity contribution >= 4 is 27.8 Å². The molecule has 2 aromatic rings. The van der Waals surface area contributed by atoms with Crippen LogP contribution < -0.4 is 4.90 Å². The van der Waals surface area contributed by atoms with Gasteiger partial charge in [-0.2, -0.15) is 5.10 Å². The SMILES string of the molecule is Brc1ccccc1/C=N\N1CCN(c2ccccc2)CC1. The van der Waals surface area contributed by atoms with E-state index in [2.05, 4.69) is 67.3 Å². The van der Waals surface area contributed by atoms with Crippen molar-refractivity contribution in [2.75, 3.05) is 31.1 Å². The van der Waals surface area contributed by atoms with Crippen molar-refractivity contribution < 1.29 is 0 Å². The third kappa shape index (κ3) is 3.64. The third-order valence-corrected chi connectivity index (χ3v) is 4.36. The topological polar surface area (TPSA) is 18.8 Å². The van der Waals surface area contributed by atoms with Crippen LogP contribution in [0.3, 0.4) is 0 Å². The Kier molecular flexibility index (Phi) is 4.55. The molecule has 1 saturated heterocycles. The second-order valence-corrected chi connectivity index (χ2v) is 5.90. The first-order valence-corrected chi connectivity index (χ1v) is 7.96. The molecular formula is C17H18BrN3. The molecule has 0 N–H and O–H groups in total. The summed E-state index contributed by atoms with van der Waals surface area (Å²) in [6.45, 7) is 3.93. The predicted molar refractivity (Wildman–Crippen MR) is 92.0 cm³/mol. The monoisotopic (exact) mass is 343 g/mol. The predicted octanol–water partition coefficient (Wildman–Crippen LogP) is 3.61. The minimum atomic E-state index is 0.954. The van der Waals surface area contributed by atoms with E-state index >= 15 is 0 Å². The van der Waals surface area contributed by atoms with Crippen molar-refractivity contribution in [2.24, 2.45) is 5.10 Å². The number of hydrazone groups is 1. The Labute approximate surface area is 134 Å². The first kappa shape index (κ1) is 14.1. The number of piperazine rings is 1. The van der Waals surface area contributed by atoms with Crippen molar-refractivity contribution in [2.45, 2.75) is 0 Å². The molecule has 0 amide bonds. The second-order valence-electron chi connectivity index (χ2n) is 5.04. The van der Waals surface area contributed by atoms with Gasteiger partial charge in [-0.3, -0.25) is 5.01 Å². The fourth-order valence-electron chi connectivity index (χ4n) is 2.43. The van der Waals surface area contributed by atoms with Gasteiger partial charge in [-0.05, 0) is 18.2 Å². The van der Waals surface area contributed by atoms with E-state index in [0.717, 1.165) is 36.2 Å². The Morgan fingerprint density at radius 3 is 2.24 bits per heavy atom. The zero-order chi connectivity index (χ0) is 14.5. The molecular weight excluding hydrogens is 326 g/mol. The van der Waals surface area contributed by atoms with Crippen LogP contribution in [-0.4, -0.2) is 37.4 Å². The minimum absolute atomic E-state index is 0.954. The van der Waals surface area contributed by atoms with E-state index < -0.39 is 0 Å². The molecule has 0 atom stereocenters. The first-order chi connectivity index (χ1) is 10.3. The van der Waals surface area contributed by atoms with Crippen LogP contribution in [0.15, 0.2) is 64.2 Å². The fraction of sp³-hybridized carbons (Fsp3) is 0.235. The van der Waals surface area contributed by atoms with Crippen LogP contribution in [0.1, 0.15) is 5.56 Å². The number of hydrogen-bond acceptors (Lipinski definition) is 3. The van der Waals surface area contributed by atoms with Gasteiger partial charge < -0.3 is 4.90 Å². The lowest BCUT2D eigenvalue weighted by molar-refractivity contribution is 0.272. The van der Waals surface area contributed by atoms with Gasteiger partial charge in [-0.25, -0.2) is 0 Å². The van der Waals surface area contributed by atoms with Gasteiger partial charge in [0.25, 0.3) is 0 Å². The van der Waals surface area contributed by atoms with E-state index in [1.165, 1.54) is 5.69 Å². The van der Waals surface area contributed by atoms with Crippen LogP contribution in [0, 0.1) is 0 Å². The molecule has 108 valence electrons. The summed E-state index contributed by atoms with van der Waals surface area (Å²) in [6.07, 6.45) is 1.93. The summed E-state index contributed by atoms with van der Waals surface area (Å²) in [5, 5.41) is 6.73. The third-order valence-electron chi connectivity index (χ3n) is 3.64. The summed E-state index contributed by atoms with van der Waals surface area (Å²) < 4.78 is 1.08. The number of nitrogens with zero attached hydrogens (tertiary/aromatic N) is 3. The van der Waals surface area contributed by atoms with Gasteiger partial charge in [-0.15, -0.1) is 0 Å². The number of halogens is 1. The molecule has 0 aromatic heterocycles. The maximum atomic E-state index is 4.59. The highest BCUT2D eigenvalue weighted by atomic mass is 79.9. The summed E-state index contributed by atoms with van der Waals surface area (Å²) in [6, 6.07) is 18.7. The van der Waals surface area contributed by atoms with Crippen LogP contribution in [-0.2, 0) is 0 Å². The molecule has 0 radical (unpaired) electrons. The van der Waals surface area contributed by atoms with Crippen molar-refractivity contribution in [1.82, 2.24) is 5.01 Å². The van der Waals surface area contributed by atoms with Crippen LogP contribution in [0.2, 0.25) is 0 Å². The molecule has 4 heteroatoms. The molecule has 2 aromatic carbocycles. The summed E-state index contributed by atoms with van der Waals surface area (Å²) >= 11 is 3.54. The van der Waals surface area contributed by atoms with Gasteiger partial charge in [0.1, 0.15) is 0 Å². The fourth-order valence-corrected chi connectivity index (χ4v) is 2.82. The quantitative estimate of drug-likeness (QED) is 0.793. The van der Waals surface area contributed by atoms with Crippen molar-refractivity contribution in [3.63, 3.8) is 0 Å². The van der Waals surface area contributed by atoms with Crippen molar-refractivity contribution in [3.8, 4) is 0 Å². The summed E-state index contributed by atoms with van der Waals surface area (Å²) in [7, 11) is 0. The van der Waals surface area contributed by atoms with Gasteiger partial charge in [0, 0.05) is 28.8 Å². The maximum absolute atomic E-state index is 4.59. The molecule has 0 bridgehead atoms. The summed E-state index contributed by atoms with van der Waals surface area (Å²) in [5.41, 5.74) is 2.41. The van der Waals surface area contributed by atoms with E-state index in [0.29, 0.717) is 0 Å². The van der Waals surface area contributed by atoms with Crippen LogP contribution in [0.4, 0.5) is 5.69 Å². The number of benzene rings is 2. The maximum Gasteiger partial charge on any atom is 0.0554 e. The van der Waals surface area contributed by atoms with Gasteiger partial charge >= 0.3 is 0 Å². The molecule has 3 rings (SSSR count). The standard InChI is InChI=1S/C17H18BrN3/c18-17-9-5-4-6-15(17)14-19-21-12-10-20(11-13-21)16-7-2-1-3-8-16/h1-9,14H,10-13H2/b19-14-. The molecule has 1 fully saturated rings. The number of rotatable bonds is 3. The zero-order valence-electron chi connectivity index (χ0n) is 11.8. The molecule has 21 heavy (non-hydrogen) atoms. The Balaban J connectivity index is 1.58. The van der Waals surface area contributed by atoms with Gasteiger partial charge in [0.2, 0.25) is 0 Å². The highest BCUT2D eigenvalue weighted by Crippen LogP contribution is 2.16. The molecule has 3 nitrogen and oxygen atoms in total. The number of anilines is 1. The number of hydrogen-bond donors (Lipinski definition) is 0. The van der Waals surface area contributed by atoms with Gasteiger partial charge in [0.15, 0.2) is 0 Å². The Hall–Kier alpha value is -1.81. The normalized spacial score (nSPS) is 15.7. The van der Waals surface area contributed by atoms with E-state index in [9.17, 15) is 0 Å². The molecule has 0 unspecified atom stereocenters. The van der Waals surface area contributed by atoms with Crippen LogP contribution >= 0.6 is 15.9 Å². The average molecular weight is 344 g/mol. The highest BCUT2D eigenvalue weighted by molar-refractivity contribution is 9.10. The van der Waals surface area contributed by atoms with Crippen molar-refractivity contribution in [1.29, 1.82) is 0 Å². The van der Waals surface area contributed by atoms with Gasteiger partial charge in [0.05, 0.1) is 19.3 Å². The average Bonchev–Trinajstić information content (AvgIpc) is 2.55. The van der Waals surface area contributed by atoms with E-state index in [-0.39, 0.29) is 0 Å². The largest absolute Gasteiger partial charge is 0.368 e. The highest BCUT2D eigenvalue weighted by Gasteiger charge is 2.15.